The molecule has 0 fully saturated rings. The summed E-state index contributed by atoms with van der Waals surface area (Å²) in [6.07, 6.45) is 0. The Morgan fingerprint density at radius 3 is 2.74 bits per heavy atom. The fourth-order valence-electron chi connectivity index (χ4n) is 1.85. The van der Waals surface area contributed by atoms with Gasteiger partial charge in [0.05, 0.1) is 5.56 Å². The van der Waals surface area contributed by atoms with E-state index in [9.17, 15) is 0 Å². The molecule has 0 radical (unpaired) electrons. The SMILES string of the molecule is N=C(N)c1ccccc1Oc1ccc2c(c1)OCO2. The van der Waals surface area contributed by atoms with E-state index in [1.54, 1.807) is 30.3 Å². The topological polar surface area (TPSA) is 77.6 Å². The van der Waals surface area contributed by atoms with Gasteiger partial charge >= 0.3 is 0 Å². The van der Waals surface area contributed by atoms with Gasteiger partial charge in [-0.1, -0.05) is 12.1 Å². The van der Waals surface area contributed by atoms with Crippen LogP contribution in [0.2, 0.25) is 0 Å². The second kappa shape index (κ2) is 4.53. The van der Waals surface area contributed by atoms with E-state index in [-0.39, 0.29) is 12.6 Å². The summed E-state index contributed by atoms with van der Waals surface area (Å²) in [7, 11) is 0. The Kier molecular flexibility index (Phi) is 2.72. The first-order valence-corrected chi connectivity index (χ1v) is 5.75. The molecule has 96 valence electrons. The summed E-state index contributed by atoms with van der Waals surface area (Å²) in [4.78, 5) is 0. The predicted octanol–water partition coefficient (Wildman–Crippen LogP) is 2.49. The monoisotopic (exact) mass is 256 g/mol. The van der Waals surface area contributed by atoms with Gasteiger partial charge in [0, 0.05) is 6.07 Å². The van der Waals surface area contributed by atoms with Gasteiger partial charge < -0.3 is 19.9 Å². The van der Waals surface area contributed by atoms with Crippen molar-refractivity contribution in [2.24, 2.45) is 5.73 Å². The largest absolute Gasteiger partial charge is 0.456 e. The maximum absolute atomic E-state index is 7.52. The molecule has 3 rings (SSSR count). The number of rotatable bonds is 3. The molecule has 1 heterocycles. The fraction of sp³-hybridized carbons (Fsp3) is 0.0714. The number of nitrogen functional groups attached to an aromatic ring is 1. The molecule has 5 heteroatoms. The summed E-state index contributed by atoms with van der Waals surface area (Å²) in [5.41, 5.74) is 6.07. The van der Waals surface area contributed by atoms with Crippen LogP contribution in [0.5, 0.6) is 23.0 Å². The van der Waals surface area contributed by atoms with Gasteiger partial charge in [0.2, 0.25) is 6.79 Å². The van der Waals surface area contributed by atoms with Crippen LogP contribution in [0.3, 0.4) is 0 Å². The number of ether oxygens (including phenoxy) is 3. The first kappa shape index (κ1) is 11.4. The van der Waals surface area contributed by atoms with Crippen molar-refractivity contribution in [3.63, 3.8) is 0 Å². The number of amidine groups is 1. The Morgan fingerprint density at radius 2 is 1.89 bits per heavy atom. The molecule has 0 saturated heterocycles. The van der Waals surface area contributed by atoms with Gasteiger partial charge in [0.15, 0.2) is 11.5 Å². The van der Waals surface area contributed by atoms with Crippen molar-refractivity contribution in [2.45, 2.75) is 0 Å². The van der Waals surface area contributed by atoms with Crippen molar-refractivity contribution >= 4 is 5.84 Å². The minimum absolute atomic E-state index is 0.0312. The molecule has 0 saturated carbocycles. The lowest BCUT2D eigenvalue weighted by Gasteiger charge is -2.10. The smallest absolute Gasteiger partial charge is 0.231 e. The zero-order valence-electron chi connectivity index (χ0n) is 10.1. The van der Waals surface area contributed by atoms with Crippen molar-refractivity contribution < 1.29 is 14.2 Å². The van der Waals surface area contributed by atoms with Crippen molar-refractivity contribution in [1.82, 2.24) is 0 Å². The molecule has 0 aliphatic carbocycles. The van der Waals surface area contributed by atoms with Gasteiger partial charge in [-0.25, -0.2) is 0 Å². The van der Waals surface area contributed by atoms with Crippen molar-refractivity contribution in [2.75, 3.05) is 6.79 Å². The highest BCUT2D eigenvalue weighted by Gasteiger charge is 2.14. The Balaban J connectivity index is 1.91. The van der Waals surface area contributed by atoms with Crippen LogP contribution in [0.15, 0.2) is 42.5 Å². The minimum atomic E-state index is -0.0312. The van der Waals surface area contributed by atoms with E-state index in [4.69, 9.17) is 25.4 Å². The maximum atomic E-state index is 7.52. The molecule has 0 amide bonds. The molecule has 5 nitrogen and oxygen atoms in total. The van der Waals surface area contributed by atoms with E-state index >= 15 is 0 Å². The van der Waals surface area contributed by atoms with E-state index < -0.39 is 0 Å². The third-order valence-electron chi connectivity index (χ3n) is 2.75. The second-order valence-corrected chi connectivity index (χ2v) is 4.03. The summed E-state index contributed by atoms with van der Waals surface area (Å²) in [5.74, 6) is 2.47. The molecule has 2 aromatic rings. The maximum Gasteiger partial charge on any atom is 0.231 e. The predicted molar refractivity (Wildman–Crippen MR) is 70.1 cm³/mol. The quantitative estimate of drug-likeness (QED) is 0.653. The number of hydrogen-bond acceptors (Lipinski definition) is 4. The van der Waals surface area contributed by atoms with E-state index in [2.05, 4.69) is 0 Å². The lowest BCUT2D eigenvalue weighted by atomic mass is 10.2. The number of nitrogens with two attached hydrogens (primary N) is 1. The number of benzene rings is 2. The average molecular weight is 256 g/mol. The number of hydrogen-bond donors (Lipinski definition) is 2. The summed E-state index contributed by atoms with van der Waals surface area (Å²) in [6, 6.07) is 12.5. The molecule has 3 N–H and O–H groups in total. The minimum Gasteiger partial charge on any atom is -0.456 e. The van der Waals surface area contributed by atoms with Crippen LogP contribution >= 0.6 is 0 Å². The van der Waals surface area contributed by atoms with Crippen molar-refractivity contribution in [1.29, 1.82) is 5.41 Å². The summed E-state index contributed by atoms with van der Waals surface area (Å²) >= 11 is 0. The zero-order valence-corrected chi connectivity index (χ0v) is 10.1. The molecule has 0 unspecified atom stereocenters. The van der Waals surface area contributed by atoms with Crippen LogP contribution < -0.4 is 19.9 Å². The standard InChI is InChI=1S/C14H12N2O3/c15-14(16)10-3-1-2-4-11(10)19-9-5-6-12-13(7-9)18-8-17-12/h1-7H,8H2,(H3,15,16). The van der Waals surface area contributed by atoms with Crippen LogP contribution in [-0.4, -0.2) is 12.6 Å². The zero-order chi connectivity index (χ0) is 13.2. The van der Waals surface area contributed by atoms with Gasteiger partial charge in [-0.05, 0) is 24.3 Å². The molecule has 0 spiro atoms. The third kappa shape index (κ3) is 2.18. The van der Waals surface area contributed by atoms with E-state index in [0.29, 0.717) is 28.6 Å². The fourth-order valence-corrected chi connectivity index (χ4v) is 1.85. The van der Waals surface area contributed by atoms with Crippen LogP contribution in [-0.2, 0) is 0 Å². The van der Waals surface area contributed by atoms with Gasteiger partial charge in [-0.3, -0.25) is 5.41 Å². The normalized spacial score (nSPS) is 12.2. The summed E-state index contributed by atoms with van der Waals surface area (Å²) in [6.45, 7) is 0.225. The highest BCUT2D eigenvalue weighted by molar-refractivity contribution is 5.97. The Labute approximate surface area is 110 Å². The van der Waals surface area contributed by atoms with Crippen LogP contribution in [0, 0.1) is 5.41 Å². The molecule has 19 heavy (non-hydrogen) atoms. The Morgan fingerprint density at radius 1 is 1.11 bits per heavy atom. The molecule has 1 aliphatic heterocycles. The van der Waals surface area contributed by atoms with Crippen LogP contribution in [0.1, 0.15) is 5.56 Å². The third-order valence-corrected chi connectivity index (χ3v) is 2.75. The average Bonchev–Trinajstić information content (AvgIpc) is 2.86. The number of nitrogens with one attached hydrogen (secondary N) is 1. The van der Waals surface area contributed by atoms with E-state index in [1.807, 2.05) is 12.1 Å². The molecule has 0 aromatic heterocycles. The van der Waals surface area contributed by atoms with E-state index in [0.717, 1.165) is 0 Å². The molecule has 2 aromatic carbocycles. The lowest BCUT2D eigenvalue weighted by molar-refractivity contribution is 0.174. The molecular weight excluding hydrogens is 244 g/mol. The number of para-hydroxylation sites is 1. The molecular formula is C14H12N2O3. The Bertz CT molecular complexity index is 640. The molecule has 1 aliphatic rings. The summed E-state index contributed by atoms with van der Waals surface area (Å²) < 4.78 is 16.3. The number of fused-ring (bicyclic) bond motifs is 1. The molecule has 0 atom stereocenters. The first-order valence-electron chi connectivity index (χ1n) is 5.75. The lowest BCUT2D eigenvalue weighted by Crippen LogP contribution is -2.12. The van der Waals surface area contributed by atoms with Gasteiger partial charge in [0.1, 0.15) is 17.3 Å². The van der Waals surface area contributed by atoms with Crippen molar-refractivity contribution in [3.8, 4) is 23.0 Å². The second-order valence-electron chi connectivity index (χ2n) is 4.03. The highest BCUT2D eigenvalue weighted by atomic mass is 16.7. The van der Waals surface area contributed by atoms with Gasteiger partial charge in [-0.15, -0.1) is 0 Å². The first-order chi connectivity index (χ1) is 9.24. The Hall–Kier alpha value is -2.69. The van der Waals surface area contributed by atoms with E-state index in [1.165, 1.54) is 0 Å². The van der Waals surface area contributed by atoms with Gasteiger partial charge in [-0.2, -0.15) is 0 Å². The van der Waals surface area contributed by atoms with Crippen molar-refractivity contribution in [3.05, 3.63) is 48.0 Å². The highest BCUT2D eigenvalue weighted by Crippen LogP contribution is 2.37. The molecule has 0 bridgehead atoms. The summed E-state index contributed by atoms with van der Waals surface area (Å²) in [5, 5.41) is 7.52. The van der Waals surface area contributed by atoms with Crippen LogP contribution in [0.4, 0.5) is 0 Å². The van der Waals surface area contributed by atoms with Gasteiger partial charge in [0.25, 0.3) is 0 Å². The van der Waals surface area contributed by atoms with Crippen LogP contribution in [0.25, 0.3) is 0 Å².